The lowest BCUT2D eigenvalue weighted by Gasteiger charge is -2.35. The van der Waals surface area contributed by atoms with E-state index in [2.05, 4.69) is 255 Å². The van der Waals surface area contributed by atoms with Crippen LogP contribution in [0.25, 0.3) is 55.3 Å². The van der Waals surface area contributed by atoms with Crippen LogP contribution in [0.2, 0.25) is 0 Å². The highest BCUT2D eigenvalue weighted by Gasteiger charge is 2.47. The Bertz CT molecular complexity index is 3290. The summed E-state index contributed by atoms with van der Waals surface area (Å²) in [5.41, 5.74) is 20.5. The maximum Gasteiger partial charge on any atom is 0.0719 e. The second-order valence-electron chi connectivity index (χ2n) is 17.6. The molecule has 0 unspecified atom stereocenters. The largest absolute Gasteiger partial charge is 0.310 e. The van der Waals surface area contributed by atoms with E-state index in [1.165, 1.54) is 88.7 Å². The van der Waals surface area contributed by atoms with Crippen LogP contribution in [0, 0.1) is 0 Å². The molecule has 2 aliphatic rings. The van der Waals surface area contributed by atoms with Crippen molar-refractivity contribution < 1.29 is 0 Å². The van der Waals surface area contributed by atoms with Gasteiger partial charge in [-0.1, -0.05) is 214 Å². The molecule has 0 aliphatic heterocycles. The first kappa shape index (κ1) is 37.1. The van der Waals surface area contributed by atoms with Crippen LogP contribution in [-0.2, 0) is 10.8 Å². The molecule has 0 amide bonds. The lowest BCUT2D eigenvalue weighted by atomic mass is 9.66. The Morgan fingerprint density at radius 3 is 1.48 bits per heavy atom. The normalized spacial score (nSPS) is 13.8. The van der Waals surface area contributed by atoms with E-state index >= 15 is 0 Å². The molecule has 63 heavy (non-hydrogen) atoms. The third kappa shape index (κ3) is 5.63. The minimum atomic E-state index is -0.551. The van der Waals surface area contributed by atoms with Crippen LogP contribution >= 0.6 is 0 Å². The van der Waals surface area contributed by atoms with Crippen LogP contribution in [0.15, 0.2) is 237 Å². The van der Waals surface area contributed by atoms with Gasteiger partial charge in [0.15, 0.2) is 0 Å². The van der Waals surface area contributed by atoms with E-state index in [1.807, 2.05) is 0 Å². The molecule has 0 heterocycles. The number of hydrogen-bond donors (Lipinski definition) is 0. The van der Waals surface area contributed by atoms with Gasteiger partial charge < -0.3 is 4.90 Å². The standard InChI is InChI=1S/C62H45N/c1-61(2)56-29-17-15-27-50(56)52-38-36-49(40-58(52)61)63(48-34-31-43(32-35-48)42-19-7-3-8-20-42)59-41-55-45(39-54(59)44-21-9-4-10-22-44)33-37-53-51-28-16-18-30-57(51)62(60(53)55,46-23-11-5-12-24-46)47-25-13-6-14-26-47/h3-41H,1-2H3. The second-order valence-corrected chi connectivity index (χ2v) is 17.6. The van der Waals surface area contributed by atoms with Crippen LogP contribution in [0.3, 0.4) is 0 Å². The van der Waals surface area contributed by atoms with Crippen molar-refractivity contribution >= 4 is 27.8 Å². The van der Waals surface area contributed by atoms with Gasteiger partial charge in [0.1, 0.15) is 0 Å². The first-order valence-electron chi connectivity index (χ1n) is 22.1. The van der Waals surface area contributed by atoms with E-state index in [0.717, 1.165) is 17.1 Å². The van der Waals surface area contributed by atoms with Crippen molar-refractivity contribution in [2.45, 2.75) is 24.7 Å². The summed E-state index contributed by atoms with van der Waals surface area (Å²) < 4.78 is 0. The number of anilines is 3. The van der Waals surface area contributed by atoms with Crippen LogP contribution in [-0.4, -0.2) is 0 Å². The summed E-state index contributed by atoms with van der Waals surface area (Å²) >= 11 is 0. The van der Waals surface area contributed by atoms with Crippen LogP contribution in [0.1, 0.15) is 47.2 Å². The zero-order chi connectivity index (χ0) is 42.1. The summed E-state index contributed by atoms with van der Waals surface area (Å²) in [6.07, 6.45) is 0. The maximum absolute atomic E-state index is 2.52. The SMILES string of the molecule is CC1(C)c2ccccc2-c2ccc(N(c3ccc(-c4ccccc4)cc3)c3cc4c5c(ccc4cc3-c3ccccc3)-c3ccccc3C5(c3ccccc3)c3ccccc3)cc21. The molecule has 0 spiro atoms. The van der Waals surface area contributed by atoms with Crippen molar-refractivity contribution in [1.82, 2.24) is 0 Å². The van der Waals surface area contributed by atoms with Crippen LogP contribution in [0.5, 0.6) is 0 Å². The Labute approximate surface area is 370 Å². The summed E-state index contributed by atoms with van der Waals surface area (Å²) in [6.45, 7) is 4.75. The summed E-state index contributed by atoms with van der Waals surface area (Å²) in [6, 6.07) is 88.0. The van der Waals surface area contributed by atoms with Crippen molar-refractivity contribution in [2.75, 3.05) is 4.90 Å². The molecule has 298 valence electrons. The van der Waals surface area contributed by atoms with E-state index in [-0.39, 0.29) is 5.41 Å². The summed E-state index contributed by atoms with van der Waals surface area (Å²) in [4.78, 5) is 2.52. The molecule has 0 saturated heterocycles. The third-order valence-electron chi connectivity index (χ3n) is 13.9. The van der Waals surface area contributed by atoms with Crippen molar-refractivity contribution in [1.29, 1.82) is 0 Å². The molecule has 10 aromatic rings. The highest BCUT2D eigenvalue weighted by atomic mass is 15.1. The molecule has 0 saturated carbocycles. The highest BCUT2D eigenvalue weighted by molar-refractivity contribution is 6.06. The number of rotatable bonds is 7. The monoisotopic (exact) mass is 803 g/mol. The summed E-state index contributed by atoms with van der Waals surface area (Å²) in [7, 11) is 0. The van der Waals surface area contributed by atoms with Gasteiger partial charge in [-0.3, -0.25) is 0 Å². The number of hydrogen-bond acceptors (Lipinski definition) is 1. The van der Waals surface area contributed by atoms with Crippen molar-refractivity contribution in [3.8, 4) is 44.5 Å². The average Bonchev–Trinajstić information content (AvgIpc) is 3.78. The fraction of sp³-hybridized carbons (Fsp3) is 0.0645. The van der Waals surface area contributed by atoms with E-state index in [0.29, 0.717) is 0 Å². The van der Waals surface area contributed by atoms with Gasteiger partial charge in [0, 0.05) is 22.4 Å². The number of fused-ring (bicyclic) bond motifs is 8. The van der Waals surface area contributed by atoms with Gasteiger partial charge in [-0.15, -0.1) is 0 Å². The van der Waals surface area contributed by atoms with E-state index in [4.69, 9.17) is 0 Å². The second kappa shape index (κ2) is 14.4. The van der Waals surface area contributed by atoms with Gasteiger partial charge in [0.25, 0.3) is 0 Å². The summed E-state index contributed by atoms with van der Waals surface area (Å²) in [5, 5.41) is 2.45. The lowest BCUT2D eigenvalue weighted by Crippen LogP contribution is -2.28. The zero-order valence-electron chi connectivity index (χ0n) is 35.5. The van der Waals surface area contributed by atoms with E-state index in [1.54, 1.807) is 0 Å². The Morgan fingerprint density at radius 2 is 0.825 bits per heavy atom. The molecule has 12 rings (SSSR count). The third-order valence-corrected chi connectivity index (χ3v) is 13.9. The zero-order valence-corrected chi connectivity index (χ0v) is 35.5. The predicted octanol–water partition coefficient (Wildman–Crippen LogP) is 16.3. The first-order chi connectivity index (χ1) is 31.0. The van der Waals surface area contributed by atoms with Crippen LogP contribution < -0.4 is 4.90 Å². The first-order valence-corrected chi connectivity index (χ1v) is 22.1. The molecule has 2 aliphatic carbocycles. The molecule has 1 nitrogen and oxygen atoms in total. The Hall–Kier alpha value is -7.74. The minimum Gasteiger partial charge on any atom is -0.310 e. The van der Waals surface area contributed by atoms with Crippen molar-refractivity contribution in [3.63, 3.8) is 0 Å². The molecule has 0 bridgehead atoms. The molecule has 0 atom stereocenters. The number of benzene rings is 10. The quantitative estimate of drug-likeness (QED) is 0.155. The Balaban J connectivity index is 1.18. The molecule has 0 radical (unpaired) electrons. The van der Waals surface area contributed by atoms with E-state index < -0.39 is 5.41 Å². The van der Waals surface area contributed by atoms with Gasteiger partial charge in [-0.05, 0) is 119 Å². The smallest absolute Gasteiger partial charge is 0.0719 e. The fourth-order valence-electron chi connectivity index (χ4n) is 11.0. The van der Waals surface area contributed by atoms with Crippen LogP contribution in [0.4, 0.5) is 17.1 Å². The number of nitrogens with zero attached hydrogens (tertiary/aromatic N) is 1. The predicted molar refractivity (Wildman–Crippen MR) is 264 cm³/mol. The fourth-order valence-corrected chi connectivity index (χ4v) is 11.0. The van der Waals surface area contributed by atoms with E-state index in [9.17, 15) is 0 Å². The molecule has 0 aromatic heterocycles. The molecule has 0 fully saturated rings. The average molecular weight is 804 g/mol. The van der Waals surface area contributed by atoms with Gasteiger partial charge >= 0.3 is 0 Å². The van der Waals surface area contributed by atoms with Crippen molar-refractivity contribution in [2.24, 2.45) is 0 Å². The molecule has 0 N–H and O–H groups in total. The van der Waals surface area contributed by atoms with Gasteiger partial charge in [0.2, 0.25) is 0 Å². The maximum atomic E-state index is 2.52. The molecule has 10 aromatic carbocycles. The molecule has 1 heteroatoms. The van der Waals surface area contributed by atoms with Gasteiger partial charge in [-0.25, -0.2) is 0 Å². The van der Waals surface area contributed by atoms with Crippen molar-refractivity contribution in [3.05, 3.63) is 270 Å². The topological polar surface area (TPSA) is 3.24 Å². The van der Waals surface area contributed by atoms with Gasteiger partial charge in [0.05, 0.1) is 11.1 Å². The highest BCUT2D eigenvalue weighted by Crippen LogP contribution is 2.59. The Kier molecular flexibility index (Phi) is 8.49. The summed E-state index contributed by atoms with van der Waals surface area (Å²) in [5.74, 6) is 0. The van der Waals surface area contributed by atoms with Gasteiger partial charge in [-0.2, -0.15) is 0 Å². The lowest BCUT2D eigenvalue weighted by molar-refractivity contribution is 0.660. The molecular formula is C62H45N. The molecular weight excluding hydrogens is 759 g/mol. The minimum absolute atomic E-state index is 0.159. The Morgan fingerprint density at radius 1 is 0.333 bits per heavy atom.